The molecule has 0 aliphatic heterocycles. The topological polar surface area (TPSA) is 57.8 Å². The Morgan fingerprint density at radius 3 is 2.34 bits per heavy atom. The fourth-order valence-corrected chi connectivity index (χ4v) is 3.12. The molecule has 29 heavy (non-hydrogen) atoms. The van der Waals surface area contributed by atoms with Gasteiger partial charge in [0, 0.05) is 5.56 Å². The SMILES string of the molecule is O=C(NCc1nc2ccccc2[nH]1)c1ccccc1-c1ccc(C(F)(F)F)cc1. The average Bonchev–Trinajstić information content (AvgIpc) is 3.14. The highest BCUT2D eigenvalue weighted by Gasteiger charge is 2.30. The van der Waals surface area contributed by atoms with Gasteiger partial charge >= 0.3 is 6.18 Å². The standard InChI is InChI=1S/C22H16F3N3O/c23-22(24,25)15-11-9-14(10-12-15)16-5-1-2-6-17(16)21(29)26-13-20-27-18-7-3-4-8-19(18)28-20/h1-12H,13H2,(H,26,29)(H,27,28). The van der Waals surface area contributed by atoms with Crippen molar-refractivity contribution < 1.29 is 18.0 Å². The number of halogens is 3. The molecule has 1 aromatic heterocycles. The molecule has 7 heteroatoms. The molecule has 0 saturated carbocycles. The highest BCUT2D eigenvalue weighted by Crippen LogP contribution is 2.31. The minimum absolute atomic E-state index is 0.203. The summed E-state index contributed by atoms with van der Waals surface area (Å²) in [6.45, 7) is 0.203. The van der Waals surface area contributed by atoms with Crippen LogP contribution in [0.4, 0.5) is 13.2 Å². The predicted octanol–water partition coefficient (Wildman–Crippen LogP) is 5.18. The van der Waals surface area contributed by atoms with E-state index in [9.17, 15) is 18.0 Å². The molecular formula is C22H16F3N3O. The number of nitrogens with one attached hydrogen (secondary N) is 2. The van der Waals surface area contributed by atoms with E-state index in [1.807, 2.05) is 24.3 Å². The molecule has 4 rings (SSSR count). The highest BCUT2D eigenvalue weighted by molar-refractivity contribution is 6.00. The minimum Gasteiger partial charge on any atom is -0.345 e. The first-order chi connectivity index (χ1) is 13.9. The molecule has 0 aliphatic rings. The van der Waals surface area contributed by atoms with Crippen LogP contribution in [0.1, 0.15) is 21.7 Å². The molecule has 0 radical (unpaired) electrons. The van der Waals surface area contributed by atoms with Crippen molar-refractivity contribution in [3.8, 4) is 11.1 Å². The summed E-state index contributed by atoms with van der Waals surface area (Å²) in [7, 11) is 0. The van der Waals surface area contributed by atoms with E-state index in [2.05, 4.69) is 15.3 Å². The number of H-pyrrole nitrogens is 1. The van der Waals surface area contributed by atoms with Gasteiger partial charge in [-0.2, -0.15) is 13.2 Å². The van der Waals surface area contributed by atoms with E-state index in [-0.39, 0.29) is 12.5 Å². The number of hydrogen-bond donors (Lipinski definition) is 2. The number of carbonyl (C=O) groups excluding carboxylic acids is 1. The number of nitrogens with zero attached hydrogens (tertiary/aromatic N) is 1. The normalized spacial score (nSPS) is 11.6. The maximum Gasteiger partial charge on any atom is 0.416 e. The predicted molar refractivity (Wildman–Crippen MR) is 104 cm³/mol. The third kappa shape index (κ3) is 3.99. The zero-order valence-electron chi connectivity index (χ0n) is 15.1. The third-order valence-corrected chi connectivity index (χ3v) is 4.55. The fraction of sp³-hybridized carbons (Fsp3) is 0.0909. The molecule has 0 bridgehead atoms. The van der Waals surface area contributed by atoms with Crippen molar-refractivity contribution in [2.24, 2.45) is 0 Å². The monoisotopic (exact) mass is 395 g/mol. The van der Waals surface area contributed by atoms with Crippen molar-refractivity contribution in [3.63, 3.8) is 0 Å². The summed E-state index contributed by atoms with van der Waals surface area (Å²) in [5, 5.41) is 2.81. The Kier molecular flexibility index (Phi) is 4.80. The van der Waals surface area contributed by atoms with Crippen molar-refractivity contribution >= 4 is 16.9 Å². The number of amides is 1. The molecule has 2 N–H and O–H groups in total. The van der Waals surface area contributed by atoms with Crippen LogP contribution in [0, 0.1) is 0 Å². The van der Waals surface area contributed by atoms with Gasteiger partial charge < -0.3 is 10.3 Å². The Hall–Kier alpha value is -3.61. The van der Waals surface area contributed by atoms with Crippen LogP contribution < -0.4 is 5.32 Å². The van der Waals surface area contributed by atoms with Crippen LogP contribution in [0.15, 0.2) is 72.8 Å². The van der Waals surface area contributed by atoms with Crippen LogP contribution in [0.2, 0.25) is 0 Å². The first kappa shape index (κ1) is 18.7. The van der Waals surface area contributed by atoms with Crippen molar-refractivity contribution in [2.45, 2.75) is 12.7 Å². The van der Waals surface area contributed by atoms with Crippen LogP contribution >= 0.6 is 0 Å². The second kappa shape index (κ2) is 7.43. The zero-order valence-corrected chi connectivity index (χ0v) is 15.1. The van der Waals surface area contributed by atoms with Crippen molar-refractivity contribution in [2.75, 3.05) is 0 Å². The van der Waals surface area contributed by atoms with Crippen LogP contribution in [0.3, 0.4) is 0 Å². The Morgan fingerprint density at radius 1 is 0.931 bits per heavy atom. The summed E-state index contributed by atoms with van der Waals surface area (Å²) in [5.41, 5.74) is 2.43. The van der Waals surface area contributed by atoms with Gasteiger partial charge in [-0.1, -0.05) is 42.5 Å². The highest BCUT2D eigenvalue weighted by atomic mass is 19.4. The zero-order chi connectivity index (χ0) is 20.4. The van der Waals surface area contributed by atoms with E-state index in [1.165, 1.54) is 12.1 Å². The molecular weight excluding hydrogens is 379 g/mol. The van der Waals surface area contributed by atoms with Gasteiger partial charge in [0.05, 0.1) is 23.1 Å². The Bertz CT molecular complexity index is 1130. The maximum atomic E-state index is 12.8. The second-order valence-corrected chi connectivity index (χ2v) is 6.50. The number of para-hydroxylation sites is 2. The van der Waals surface area contributed by atoms with Crippen molar-refractivity contribution in [1.29, 1.82) is 0 Å². The van der Waals surface area contributed by atoms with Gasteiger partial charge in [-0.25, -0.2) is 4.98 Å². The number of fused-ring (bicyclic) bond motifs is 1. The Labute approximate surface area is 164 Å². The van der Waals surface area contributed by atoms with Crippen LogP contribution in [-0.4, -0.2) is 15.9 Å². The molecule has 4 nitrogen and oxygen atoms in total. The van der Waals surface area contributed by atoms with Crippen molar-refractivity contribution in [1.82, 2.24) is 15.3 Å². The van der Waals surface area contributed by atoms with E-state index in [0.717, 1.165) is 23.2 Å². The van der Waals surface area contributed by atoms with E-state index in [0.29, 0.717) is 22.5 Å². The van der Waals surface area contributed by atoms with Gasteiger partial charge in [0.1, 0.15) is 5.82 Å². The van der Waals surface area contributed by atoms with Gasteiger partial charge in [0.25, 0.3) is 5.91 Å². The van der Waals surface area contributed by atoms with E-state index in [1.54, 1.807) is 24.3 Å². The molecule has 0 saturated heterocycles. The molecule has 0 atom stereocenters. The smallest absolute Gasteiger partial charge is 0.345 e. The van der Waals surface area contributed by atoms with Gasteiger partial charge in [-0.05, 0) is 41.5 Å². The van der Waals surface area contributed by atoms with Crippen LogP contribution in [-0.2, 0) is 12.7 Å². The second-order valence-electron chi connectivity index (χ2n) is 6.50. The lowest BCUT2D eigenvalue weighted by Gasteiger charge is -2.11. The summed E-state index contributed by atoms with van der Waals surface area (Å²) >= 11 is 0. The number of alkyl halides is 3. The molecule has 0 spiro atoms. The molecule has 4 aromatic rings. The van der Waals surface area contributed by atoms with E-state index in [4.69, 9.17) is 0 Å². The number of aromatic nitrogens is 2. The molecule has 0 aliphatic carbocycles. The number of carbonyl (C=O) groups is 1. The minimum atomic E-state index is -4.40. The summed E-state index contributed by atoms with van der Waals surface area (Å²) in [5.74, 6) is 0.285. The molecule has 146 valence electrons. The lowest BCUT2D eigenvalue weighted by atomic mass is 9.98. The summed E-state index contributed by atoms with van der Waals surface area (Å²) in [4.78, 5) is 20.3. The lowest BCUT2D eigenvalue weighted by Crippen LogP contribution is -2.24. The average molecular weight is 395 g/mol. The molecule has 0 unspecified atom stereocenters. The van der Waals surface area contributed by atoms with Crippen molar-refractivity contribution in [3.05, 3.63) is 89.7 Å². The van der Waals surface area contributed by atoms with E-state index >= 15 is 0 Å². The molecule has 1 heterocycles. The van der Waals surface area contributed by atoms with Gasteiger partial charge in [-0.3, -0.25) is 4.79 Å². The van der Waals surface area contributed by atoms with E-state index < -0.39 is 11.7 Å². The first-order valence-electron chi connectivity index (χ1n) is 8.90. The summed E-state index contributed by atoms with van der Waals surface area (Å²) in [6, 6.07) is 19.1. The summed E-state index contributed by atoms with van der Waals surface area (Å²) in [6.07, 6.45) is -4.40. The molecule has 3 aromatic carbocycles. The molecule has 0 fully saturated rings. The first-order valence-corrected chi connectivity index (χ1v) is 8.90. The number of hydrogen-bond acceptors (Lipinski definition) is 2. The fourth-order valence-electron chi connectivity index (χ4n) is 3.12. The van der Waals surface area contributed by atoms with Gasteiger partial charge in [-0.15, -0.1) is 0 Å². The number of benzene rings is 3. The Morgan fingerprint density at radius 2 is 1.62 bits per heavy atom. The maximum absolute atomic E-state index is 12.8. The van der Waals surface area contributed by atoms with Crippen LogP contribution in [0.5, 0.6) is 0 Å². The molecule has 1 amide bonds. The number of imidazole rings is 1. The summed E-state index contributed by atoms with van der Waals surface area (Å²) < 4.78 is 38.4. The van der Waals surface area contributed by atoms with Gasteiger partial charge in [0.15, 0.2) is 0 Å². The number of aromatic amines is 1. The number of rotatable bonds is 4. The third-order valence-electron chi connectivity index (χ3n) is 4.55. The quantitative estimate of drug-likeness (QED) is 0.500. The Balaban J connectivity index is 1.55. The lowest BCUT2D eigenvalue weighted by molar-refractivity contribution is -0.137. The van der Waals surface area contributed by atoms with Crippen LogP contribution in [0.25, 0.3) is 22.2 Å². The largest absolute Gasteiger partial charge is 0.416 e. The van der Waals surface area contributed by atoms with Gasteiger partial charge in [0.2, 0.25) is 0 Å².